The van der Waals surface area contributed by atoms with Crippen molar-refractivity contribution < 1.29 is 4.79 Å². The van der Waals surface area contributed by atoms with Crippen LogP contribution in [0.3, 0.4) is 0 Å². The van der Waals surface area contributed by atoms with E-state index in [2.05, 4.69) is 27.9 Å². The molecule has 6 nitrogen and oxygen atoms in total. The number of rotatable bonds is 4. The second-order valence-electron chi connectivity index (χ2n) is 5.81. The molecular weight excluding hydrogens is 310 g/mol. The fourth-order valence-electron chi connectivity index (χ4n) is 2.83. The van der Waals surface area contributed by atoms with Crippen LogP contribution in [0.1, 0.15) is 31.6 Å². The first-order valence-corrected chi connectivity index (χ1v) is 9.02. The highest BCUT2D eigenvalue weighted by molar-refractivity contribution is 7.18. The summed E-state index contributed by atoms with van der Waals surface area (Å²) in [5.74, 6) is 1.47. The summed E-state index contributed by atoms with van der Waals surface area (Å²) in [6.45, 7) is 7.13. The summed E-state index contributed by atoms with van der Waals surface area (Å²) < 4.78 is 0. The number of thiophene rings is 1. The summed E-state index contributed by atoms with van der Waals surface area (Å²) in [7, 11) is 0. The maximum absolute atomic E-state index is 12.0. The molecule has 1 aliphatic heterocycles. The minimum Gasteiger partial charge on any atom is -0.383 e. The zero-order chi connectivity index (χ0) is 16.4. The summed E-state index contributed by atoms with van der Waals surface area (Å²) in [5, 5.41) is 0.951. The third-order valence-electron chi connectivity index (χ3n) is 4.19. The van der Waals surface area contributed by atoms with E-state index in [0.717, 1.165) is 49.2 Å². The molecule has 7 heteroatoms. The summed E-state index contributed by atoms with van der Waals surface area (Å²) in [6, 6.07) is 2.08. The van der Waals surface area contributed by atoms with Crippen LogP contribution in [-0.2, 0) is 11.2 Å². The SMILES string of the molecule is CCCC(=O)N1CCN(c2nc(N)c3cc(CC)sc3n2)CC1. The lowest BCUT2D eigenvalue weighted by Gasteiger charge is -2.34. The second-order valence-corrected chi connectivity index (χ2v) is 6.93. The Morgan fingerprint density at radius 2 is 2.00 bits per heavy atom. The number of nitrogen functional groups attached to an aromatic ring is 1. The smallest absolute Gasteiger partial charge is 0.228 e. The largest absolute Gasteiger partial charge is 0.383 e. The Morgan fingerprint density at radius 3 is 2.65 bits per heavy atom. The van der Waals surface area contributed by atoms with E-state index in [0.29, 0.717) is 18.2 Å². The van der Waals surface area contributed by atoms with E-state index in [1.165, 1.54) is 4.88 Å². The molecule has 3 rings (SSSR count). The molecule has 0 aliphatic carbocycles. The van der Waals surface area contributed by atoms with E-state index in [1.807, 2.05) is 11.8 Å². The van der Waals surface area contributed by atoms with Crippen LogP contribution in [0.2, 0.25) is 0 Å². The van der Waals surface area contributed by atoms with Crippen molar-refractivity contribution in [3.8, 4) is 0 Å². The van der Waals surface area contributed by atoms with Gasteiger partial charge in [0.05, 0.1) is 5.39 Å². The molecule has 2 N–H and O–H groups in total. The number of fused-ring (bicyclic) bond motifs is 1. The summed E-state index contributed by atoms with van der Waals surface area (Å²) in [5.41, 5.74) is 6.11. The molecule has 2 aromatic rings. The van der Waals surface area contributed by atoms with Crippen molar-refractivity contribution in [1.82, 2.24) is 14.9 Å². The maximum Gasteiger partial charge on any atom is 0.228 e. The first kappa shape index (κ1) is 16.0. The van der Waals surface area contributed by atoms with Gasteiger partial charge in [-0.1, -0.05) is 13.8 Å². The van der Waals surface area contributed by atoms with Crippen LogP contribution in [-0.4, -0.2) is 47.0 Å². The van der Waals surface area contributed by atoms with E-state index in [1.54, 1.807) is 11.3 Å². The molecule has 0 spiro atoms. The van der Waals surface area contributed by atoms with Crippen LogP contribution < -0.4 is 10.6 Å². The molecule has 3 heterocycles. The Bertz CT molecular complexity index is 706. The Kier molecular flexibility index (Phi) is 4.66. The van der Waals surface area contributed by atoms with E-state index < -0.39 is 0 Å². The first-order valence-electron chi connectivity index (χ1n) is 8.21. The Morgan fingerprint density at radius 1 is 1.26 bits per heavy atom. The van der Waals surface area contributed by atoms with Gasteiger partial charge in [-0.3, -0.25) is 4.79 Å². The van der Waals surface area contributed by atoms with Crippen molar-refractivity contribution in [1.29, 1.82) is 0 Å². The lowest BCUT2D eigenvalue weighted by atomic mass is 10.2. The maximum atomic E-state index is 12.0. The summed E-state index contributed by atoms with van der Waals surface area (Å²) in [6.07, 6.45) is 2.51. The Balaban J connectivity index is 1.75. The Labute approximate surface area is 140 Å². The van der Waals surface area contributed by atoms with Crippen molar-refractivity contribution in [2.45, 2.75) is 33.1 Å². The molecule has 0 atom stereocenters. The summed E-state index contributed by atoms with van der Waals surface area (Å²) >= 11 is 1.68. The van der Waals surface area contributed by atoms with Crippen molar-refractivity contribution in [2.75, 3.05) is 36.8 Å². The minimum absolute atomic E-state index is 0.244. The van der Waals surface area contributed by atoms with Crippen molar-refractivity contribution >= 4 is 39.2 Å². The third-order valence-corrected chi connectivity index (χ3v) is 5.36. The minimum atomic E-state index is 0.244. The standard InChI is InChI=1S/C16H23N5OS/c1-3-5-13(22)20-6-8-21(9-7-20)16-18-14(17)12-10-11(4-2)23-15(12)19-16/h10H,3-9H2,1-2H3,(H2,17,18,19). The normalized spacial score (nSPS) is 15.4. The number of carbonyl (C=O) groups excluding carboxylic acids is 1. The van der Waals surface area contributed by atoms with E-state index in [-0.39, 0.29) is 5.91 Å². The number of carbonyl (C=O) groups is 1. The van der Waals surface area contributed by atoms with E-state index in [9.17, 15) is 4.79 Å². The molecule has 1 amide bonds. The molecule has 1 saturated heterocycles. The van der Waals surface area contributed by atoms with Gasteiger partial charge in [-0.15, -0.1) is 11.3 Å². The van der Waals surface area contributed by atoms with Crippen molar-refractivity contribution in [3.05, 3.63) is 10.9 Å². The number of amides is 1. The number of piperazine rings is 1. The zero-order valence-electron chi connectivity index (χ0n) is 13.7. The average molecular weight is 333 g/mol. The van der Waals surface area contributed by atoms with E-state index >= 15 is 0 Å². The van der Waals surface area contributed by atoms with E-state index in [4.69, 9.17) is 5.73 Å². The number of aryl methyl sites for hydroxylation is 1. The molecule has 23 heavy (non-hydrogen) atoms. The molecule has 0 saturated carbocycles. The van der Waals surface area contributed by atoms with Gasteiger partial charge in [0.2, 0.25) is 11.9 Å². The topological polar surface area (TPSA) is 75.4 Å². The first-order chi connectivity index (χ1) is 11.1. The van der Waals surface area contributed by atoms with Crippen LogP contribution >= 0.6 is 11.3 Å². The molecule has 0 bridgehead atoms. The van der Waals surface area contributed by atoms with Crippen LogP contribution in [0.15, 0.2) is 6.07 Å². The van der Waals surface area contributed by atoms with Gasteiger partial charge in [0, 0.05) is 37.5 Å². The van der Waals surface area contributed by atoms with Crippen molar-refractivity contribution in [2.24, 2.45) is 0 Å². The highest BCUT2D eigenvalue weighted by Crippen LogP contribution is 2.29. The lowest BCUT2D eigenvalue weighted by molar-refractivity contribution is -0.131. The molecule has 1 fully saturated rings. The van der Waals surface area contributed by atoms with Gasteiger partial charge in [0.15, 0.2) is 0 Å². The number of hydrogen-bond acceptors (Lipinski definition) is 6. The number of anilines is 2. The van der Waals surface area contributed by atoms with Gasteiger partial charge in [-0.05, 0) is 18.9 Å². The number of aromatic nitrogens is 2. The highest BCUT2D eigenvalue weighted by atomic mass is 32.1. The quantitative estimate of drug-likeness (QED) is 0.929. The predicted octanol–water partition coefficient (Wildman–Crippen LogP) is 2.28. The van der Waals surface area contributed by atoms with Crippen LogP contribution in [0.5, 0.6) is 0 Å². The van der Waals surface area contributed by atoms with Crippen LogP contribution in [0.4, 0.5) is 11.8 Å². The van der Waals surface area contributed by atoms with Crippen molar-refractivity contribution in [3.63, 3.8) is 0 Å². The molecule has 2 aromatic heterocycles. The zero-order valence-corrected chi connectivity index (χ0v) is 14.5. The van der Waals surface area contributed by atoms with Gasteiger partial charge in [-0.25, -0.2) is 4.98 Å². The second kappa shape index (κ2) is 6.70. The molecule has 0 aromatic carbocycles. The predicted molar refractivity (Wildman–Crippen MR) is 94.9 cm³/mol. The summed E-state index contributed by atoms with van der Waals surface area (Å²) in [4.78, 5) is 27.4. The van der Waals surface area contributed by atoms with Crippen LogP contribution in [0, 0.1) is 0 Å². The molecular formula is C16H23N5OS. The molecule has 1 aliphatic rings. The number of hydrogen-bond donors (Lipinski definition) is 1. The number of nitrogens with zero attached hydrogens (tertiary/aromatic N) is 4. The molecule has 0 radical (unpaired) electrons. The molecule has 124 valence electrons. The third kappa shape index (κ3) is 3.24. The lowest BCUT2D eigenvalue weighted by Crippen LogP contribution is -2.49. The molecule has 0 unspecified atom stereocenters. The van der Waals surface area contributed by atoms with Gasteiger partial charge in [0.1, 0.15) is 10.6 Å². The Hall–Kier alpha value is -1.89. The van der Waals surface area contributed by atoms with Crippen LogP contribution in [0.25, 0.3) is 10.2 Å². The fraction of sp³-hybridized carbons (Fsp3) is 0.562. The average Bonchev–Trinajstić information content (AvgIpc) is 2.99. The fourth-order valence-corrected chi connectivity index (χ4v) is 3.80. The van der Waals surface area contributed by atoms with Gasteiger partial charge in [-0.2, -0.15) is 4.98 Å². The highest BCUT2D eigenvalue weighted by Gasteiger charge is 2.23. The van der Waals surface area contributed by atoms with Gasteiger partial charge < -0.3 is 15.5 Å². The van der Waals surface area contributed by atoms with Gasteiger partial charge in [0.25, 0.3) is 0 Å². The number of nitrogens with two attached hydrogens (primary N) is 1. The monoisotopic (exact) mass is 333 g/mol. The van der Waals surface area contributed by atoms with Gasteiger partial charge >= 0.3 is 0 Å².